The monoisotopic (exact) mass is 395 g/mol. The molecule has 1 aliphatic carbocycles. The predicted molar refractivity (Wildman–Crippen MR) is 102 cm³/mol. The lowest BCUT2D eigenvalue weighted by Gasteiger charge is -2.30. The second-order valence-electron chi connectivity index (χ2n) is 7.49. The molecule has 0 atom stereocenters. The molecular weight excluding hydrogens is 366 g/mol. The van der Waals surface area contributed by atoms with Crippen molar-refractivity contribution in [1.29, 1.82) is 0 Å². The molecule has 0 bridgehead atoms. The Morgan fingerprint density at radius 2 is 1.67 bits per heavy atom. The quantitative estimate of drug-likeness (QED) is 0.692. The second kappa shape index (κ2) is 9.06. The lowest BCUT2D eigenvalue weighted by atomic mass is 9.90. The van der Waals surface area contributed by atoms with Crippen LogP contribution in [0.15, 0.2) is 29.2 Å². The van der Waals surface area contributed by atoms with Crippen LogP contribution in [0.1, 0.15) is 44.9 Å². The number of sulfonamides is 1. The van der Waals surface area contributed by atoms with Gasteiger partial charge in [-0.1, -0.05) is 19.3 Å². The van der Waals surface area contributed by atoms with Gasteiger partial charge in [-0.3, -0.25) is 4.79 Å². The summed E-state index contributed by atoms with van der Waals surface area (Å²) in [5.74, 6) is 0.754. The molecule has 0 spiro atoms. The van der Waals surface area contributed by atoms with Crippen LogP contribution in [0.4, 0.5) is 0 Å². The maximum absolute atomic E-state index is 12.8. The number of carbonyl (C=O) groups is 1. The first-order chi connectivity index (χ1) is 13.0. The van der Waals surface area contributed by atoms with E-state index in [0.717, 1.165) is 12.8 Å². The third-order valence-electron chi connectivity index (χ3n) is 5.67. The molecule has 3 rings (SSSR count). The lowest BCUT2D eigenvalue weighted by molar-refractivity contribution is -0.151. The maximum Gasteiger partial charge on any atom is 0.309 e. The number of ether oxygens (including phenoxy) is 2. The summed E-state index contributed by atoms with van der Waals surface area (Å²) in [6.07, 6.45) is 7.05. The minimum absolute atomic E-state index is 0.165. The Morgan fingerprint density at radius 1 is 1.04 bits per heavy atom. The molecule has 1 aromatic carbocycles. The van der Waals surface area contributed by atoms with Crippen molar-refractivity contribution in [3.05, 3.63) is 24.3 Å². The van der Waals surface area contributed by atoms with E-state index < -0.39 is 10.0 Å². The summed E-state index contributed by atoms with van der Waals surface area (Å²) in [4.78, 5) is 12.6. The van der Waals surface area contributed by atoms with Crippen molar-refractivity contribution in [1.82, 2.24) is 4.31 Å². The number of benzene rings is 1. The van der Waals surface area contributed by atoms with Crippen LogP contribution in [0.5, 0.6) is 5.75 Å². The minimum atomic E-state index is -3.54. The Bertz CT molecular complexity index is 717. The summed E-state index contributed by atoms with van der Waals surface area (Å²) in [5, 5.41) is 0. The fraction of sp³-hybridized carbons (Fsp3) is 0.650. The topological polar surface area (TPSA) is 72.9 Å². The highest BCUT2D eigenvalue weighted by Crippen LogP contribution is 2.27. The molecule has 1 aromatic rings. The van der Waals surface area contributed by atoms with Gasteiger partial charge in [0, 0.05) is 13.1 Å². The molecule has 0 unspecified atom stereocenters. The van der Waals surface area contributed by atoms with Crippen molar-refractivity contribution < 1.29 is 22.7 Å². The van der Waals surface area contributed by atoms with Gasteiger partial charge in [-0.2, -0.15) is 4.31 Å². The molecule has 1 heterocycles. The van der Waals surface area contributed by atoms with Crippen molar-refractivity contribution >= 4 is 16.0 Å². The molecule has 0 amide bonds. The maximum atomic E-state index is 12.8. The largest absolute Gasteiger partial charge is 0.497 e. The van der Waals surface area contributed by atoms with Gasteiger partial charge in [0.05, 0.1) is 24.5 Å². The van der Waals surface area contributed by atoms with Crippen LogP contribution in [0, 0.1) is 11.8 Å². The molecule has 2 aliphatic rings. The molecule has 0 aromatic heterocycles. The van der Waals surface area contributed by atoms with E-state index in [1.807, 2.05) is 0 Å². The Morgan fingerprint density at radius 3 is 2.26 bits per heavy atom. The minimum Gasteiger partial charge on any atom is -0.497 e. The average Bonchev–Trinajstić information content (AvgIpc) is 2.73. The van der Waals surface area contributed by atoms with Gasteiger partial charge >= 0.3 is 5.97 Å². The zero-order valence-electron chi connectivity index (χ0n) is 15.9. The lowest BCUT2D eigenvalue weighted by Crippen LogP contribution is -2.40. The predicted octanol–water partition coefficient (Wildman–Crippen LogP) is 3.22. The summed E-state index contributed by atoms with van der Waals surface area (Å²) in [6, 6.07) is 6.39. The van der Waals surface area contributed by atoms with Crippen LogP contribution >= 0.6 is 0 Å². The van der Waals surface area contributed by atoms with E-state index in [0.29, 0.717) is 44.2 Å². The molecule has 7 heteroatoms. The molecule has 0 radical (unpaired) electrons. The Labute approximate surface area is 161 Å². The van der Waals surface area contributed by atoms with Crippen LogP contribution in [0.2, 0.25) is 0 Å². The Hall–Kier alpha value is -1.60. The molecular formula is C20H29NO5S. The number of hydrogen-bond acceptors (Lipinski definition) is 5. The number of hydrogen-bond donors (Lipinski definition) is 0. The Balaban J connectivity index is 1.50. The van der Waals surface area contributed by atoms with Crippen molar-refractivity contribution in [3.8, 4) is 5.75 Å². The summed E-state index contributed by atoms with van der Waals surface area (Å²) in [6.45, 7) is 1.21. The van der Waals surface area contributed by atoms with Gasteiger partial charge in [0.2, 0.25) is 10.0 Å². The smallest absolute Gasteiger partial charge is 0.309 e. The fourth-order valence-electron chi connectivity index (χ4n) is 3.90. The van der Waals surface area contributed by atoms with Gasteiger partial charge in [0.1, 0.15) is 5.75 Å². The van der Waals surface area contributed by atoms with Crippen LogP contribution in [-0.4, -0.2) is 45.5 Å². The fourth-order valence-corrected chi connectivity index (χ4v) is 5.37. The van der Waals surface area contributed by atoms with E-state index in [-0.39, 0.29) is 16.8 Å². The number of rotatable bonds is 6. The number of nitrogens with zero attached hydrogens (tertiary/aromatic N) is 1. The molecule has 27 heavy (non-hydrogen) atoms. The Kier molecular flexibility index (Phi) is 6.76. The first-order valence-electron chi connectivity index (χ1n) is 9.81. The van der Waals surface area contributed by atoms with E-state index >= 15 is 0 Å². The number of methoxy groups -OCH3 is 1. The third kappa shape index (κ3) is 5.02. The summed E-state index contributed by atoms with van der Waals surface area (Å²) < 4.78 is 37.6. The van der Waals surface area contributed by atoms with Crippen LogP contribution in [0.25, 0.3) is 0 Å². The van der Waals surface area contributed by atoms with Crippen molar-refractivity contribution in [2.75, 3.05) is 26.8 Å². The summed E-state index contributed by atoms with van der Waals surface area (Å²) >= 11 is 0. The van der Waals surface area contributed by atoms with Crippen LogP contribution < -0.4 is 4.74 Å². The van der Waals surface area contributed by atoms with Gasteiger partial charge in [-0.05, 0) is 55.9 Å². The zero-order chi connectivity index (χ0) is 19.3. The van der Waals surface area contributed by atoms with Crippen LogP contribution in [0.3, 0.4) is 0 Å². The number of carbonyl (C=O) groups excluding carboxylic acids is 1. The van der Waals surface area contributed by atoms with E-state index in [1.165, 1.54) is 23.6 Å². The highest BCUT2D eigenvalue weighted by molar-refractivity contribution is 7.89. The van der Waals surface area contributed by atoms with E-state index in [4.69, 9.17) is 9.47 Å². The summed E-state index contributed by atoms with van der Waals surface area (Å²) in [7, 11) is -2.00. The summed E-state index contributed by atoms with van der Waals surface area (Å²) in [5.41, 5.74) is 0. The molecule has 150 valence electrons. The first-order valence-corrected chi connectivity index (χ1v) is 11.3. The number of esters is 1. The van der Waals surface area contributed by atoms with Crippen molar-refractivity contribution in [2.45, 2.75) is 49.8 Å². The van der Waals surface area contributed by atoms with Crippen molar-refractivity contribution in [2.24, 2.45) is 11.8 Å². The zero-order valence-corrected chi connectivity index (χ0v) is 16.7. The molecule has 1 aliphatic heterocycles. The van der Waals surface area contributed by atoms with Gasteiger partial charge < -0.3 is 9.47 Å². The van der Waals surface area contributed by atoms with E-state index in [2.05, 4.69) is 0 Å². The molecule has 6 nitrogen and oxygen atoms in total. The van der Waals surface area contributed by atoms with Gasteiger partial charge in [-0.25, -0.2) is 8.42 Å². The first kappa shape index (κ1) is 20.1. The standard InChI is InChI=1S/C20H29NO5S/c1-25-18-7-9-19(10-8-18)27(23,24)21-13-11-17(12-14-21)20(22)26-15-16-5-3-2-4-6-16/h7-10,16-17H,2-6,11-15H2,1H3. The average molecular weight is 396 g/mol. The van der Waals surface area contributed by atoms with Crippen molar-refractivity contribution in [3.63, 3.8) is 0 Å². The molecule has 1 saturated carbocycles. The molecule has 2 fully saturated rings. The van der Waals surface area contributed by atoms with Gasteiger partial charge in [0.15, 0.2) is 0 Å². The number of piperidine rings is 1. The molecule has 0 N–H and O–H groups in total. The SMILES string of the molecule is COc1ccc(S(=O)(=O)N2CCC(C(=O)OCC3CCCCC3)CC2)cc1. The van der Waals surface area contributed by atoms with E-state index in [1.54, 1.807) is 31.4 Å². The molecule has 1 saturated heterocycles. The normalized spacial score (nSPS) is 20.3. The third-order valence-corrected chi connectivity index (χ3v) is 7.58. The second-order valence-corrected chi connectivity index (χ2v) is 9.43. The van der Waals surface area contributed by atoms with E-state index in [9.17, 15) is 13.2 Å². The van der Waals surface area contributed by atoms with Gasteiger partial charge in [0.25, 0.3) is 0 Å². The van der Waals surface area contributed by atoms with Crippen LogP contribution in [-0.2, 0) is 19.6 Å². The highest BCUT2D eigenvalue weighted by Gasteiger charge is 2.33. The van der Waals surface area contributed by atoms with Gasteiger partial charge in [-0.15, -0.1) is 0 Å². The highest BCUT2D eigenvalue weighted by atomic mass is 32.2.